The molecule has 0 bridgehead atoms. The summed E-state index contributed by atoms with van der Waals surface area (Å²) < 4.78 is 0. The standard InChI is InChI=1S/C19H29N5O/c1-24-10-6-7-17(24)16-11-14-13-21-18(12-15(14)22-16)23-19(25)8-4-2-3-5-9-20/h11-13,17,22H,2-10,20H2,1H3,(H,21,23,25)/t17-/m1/s1. The molecule has 0 spiro atoms. The number of aromatic amines is 1. The summed E-state index contributed by atoms with van der Waals surface area (Å²) in [5.41, 5.74) is 7.74. The summed E-state index contributed by atoms with van der Waals surface area (Å²) in [6.07, 6.45) is 8.86. The average Bonchev–Trinajstić information content (AvgIpc) is 3.19. The highest BCUT2D eigenvalue weighted by Gasteiger charge is 2.24. The van der Waals surface area contributed by atoms with Crippen molar-refractivity contribution in [3.8, 4) is 0 Å². The smallest absolute Gasteiger partial charge is 0.225 e. The number of nitrogens with zero attached hydrogens (tertiary/aromatic N) is 2. The van der Waals surface area contributed by atoms with Crippen LogP contribution in [-0.2, 0) is 4.79 Å². The molecule has 0 unspecified atom stereocenters. The quantitative estimate of drug-likeness (QED) is 0.643. The van der Waals surface area contributed by atoms with Crippen LogP contribution in [0.1, 0.15) is 56.7 Å². The summed E-state index contributed by atoms with van der Waals surface area (Å²) in [4.78, 5) is 22.3. The zero-order chi connectivity index (χ0) is 17.6. The van der Waals surface area contributed by atoms with E-state index in [9.17, 15) is 4.79 Å². The summed E-state index contributed by atoms with van der Waals surface area (Å²) in [6, 6.07) is 4.57. The number of hydrogen-bond acceptors (Lipinski definition) is 4. The van der Waals surface area contributed by atoms with E-state index in [4.69, 9.17) is 5.73 Å². The van der Waals surface area contributed by atoms with Gasteiger partial charge in [0, 0.05) is 35.8 Å². The van der Waals surface area contributed by atoms with E-state index in [1.165, 1.54) is 18.5 Å². The van der Waals surface area contributed by atoms with Crippen molar-refractivity contribution < 1.29 is 4.79 Å². The van der Waals surface area contributed by atoms with E-state index in [1.807, 2.05) is 12.3 Å². The average molecular weight is 343 g/mol. The number of hydrogen-bond donors (Lipinski definition) is 3. The first-order valence-electron chi connectivity index (χ1n) is 9.36. The van der Waals surface area contributed by atoms with Crippen LogP contribution in [0.15, 0.2) is 18.3 Å². The number of likely N-dealkylation sites (tertiary alicyclic amines) is 1. The van der Waals surface area contributed by atoms with E-state index >= 15 is 0 Å². The van der Waals surface area contributed by atoms with Crippen molar-refractivity contribution in [1.82, 2.24) is 14.9 Å². The molecule has 136 valence electrons. The van der Waals surface area contributed by atoms with Crippen molar-refractivity contribution in [3.63, 3.8) is 0 Å². The van der Waals surface area contributed by atoms with Gasteiger partial charge in [-0.1, -0.05) is 12.8 Å². The first-order valence-corrected chi connectivity index (χ1v) is 9.36. The number of nitrogens with two attached hydrogens (primary N) is 1. The summed E-state index contributed by atoms with van der Waals surface area (Å²) >= 11 is 0. The second kappa shape index (κ2) is 8.45. The van der Waals surface area contributed by atoms with Crippen LogP contribution >= 0.6 is 0 Å². The summed E-state index contributed by atoms with van der Waals surface area (Å²) in [5.74, 6) is 0.648. The Morgan fingerprint density at radius 3 is 2.96 bits per heavy atom. The predicted octanol–water partition coefficient (Wildman–Crippen LogP) is 3.18. The Labute approximate surface area is 149 Å². The molecule has 1 aliphatic rings. The van der Waals surface area contributed by atoms with Crippen LogP contribution in [0.4, 0.5) is 5.82 Å². The van der Waals surface area contributed by atoms with Gasteiger partial charge in [-0.05, 0) is 51.9 Å². The Morgan fingerprint density at radius 1 is 1.36 bits per heavy atom. The fraction of sp³-hybridized carbons (Fsp3) is 0.579. The van der Waals surface area contributed by atoms with Gasteiger partial charge in [-0.2, -0.15) is 0 Å². The third-order valence-corrected chi connectivity index (χ3v) is 5.03. The van der Waals surface area contributed by atoms with Gasteiger partial charge in [-0.15, -0.1) is 0 Å². The number of carbonyl (C=O) groups is 1. The maximum atomic E-state index is 12.0. The Balaban J connectivity index is 1.58. The topological polar surface area (TPSA) is 87.0 Å². The monoisotopic (exact) mass is 343 g/mol. The number of rotatable bonds is 8. The van der Waals surface area contributed by atoms with Gasteiger partial charge in [0.1, 0.15) is 5.82 Å². The molecule has 0 saturated carbocycles. The molecule has 0 aliphatic carbocycles. The SMILES string of the molecule is CN1CCC[C@@H]1c1cc2cnc(NC(=O)CCCCCCN)cc2[nH]1. The molecule has 1 aliphatic heterocycles. The van der Waals surface area contributed by atoms with Crippen molar-refractivity contribution in [2.75, 3.05) is 25.5 Å². The minimum Gasteiger partial charge on any atom is -0.357 e. The number of H-pyrrole nitrogens is 1. The van der Waals surface area contributed by atoms with E-state index in [2.05, 4.69) is 33.3 Å². The number of unbranched alkanes of at least 4 members (excludes halogenated alkanes) is 3. The molecule has 2 aromatic heterocycles. The van der Waals surface area contributed by atoms with Crippen molar-refractivity contribution >= 4 is 22.6 Å². The van der Waals surface area contributed by atoms with Crippen molar-refractivity contribution in [2.24, 2.45) is 5.73 Å². The maximum absolute atomic E-state index is 12.0. The van der Waals surface area contributed by atoms with Gasteiger partial charge in [-0.25, -0.2) is 4.98 Å². The lowest BCUT2D eigenvalue weighted by atomic mass is 10.1. The molecule has 0 radical (unpaired) electrons. The molecule has 1 saturated heterocycles. The molecule has 0 aromatic carbocycles. The van der Waals surface area contributed by atoms with E-state index in [0.29, 0.717) is 18.3 Å². The fourth-order valence-corrected chi connectivity index (χ4v) is 3.59. The Hall–Kier alpha value is -1.92. The molecule has 25 heavy (non-hydrogen) atoms. The van der Waals surface area contributed by atoms with Crippen molar-refractivity contribution in [2.45, 2.75) is 51.0 Å². The van der Waals surface area contributed by atoms with Crippen LogP contribution in [0.5, 0.6) is 0 Å². The second-order valence-corrected chi connectivity index (χ2v) is 7.02. The summed E-state index contributed by atoms with van der Waals surface area (Å²) in [7, 11) is 2.17. The molecule has 2 aromatic rings. The number of amides is 1. The molecule has 1 amide bonds. The number of carbonyl (C=O) groups excluding carboxylic acids is 1. The van der Waals surface area contributed by atoms with E-state index in [-0.39, 0.29) is 5.91 Å². The summed E-state index contributed by atoms with van der Waals surface area (Å²) in [5, 5.41) is 4.00. The molecular weight excluding hydrogens is 314 g/mol. The lowest BCUT2D eigenvalue weighted by molar-refractivity contribution is -0.116. The van der Waals surface area contributed by atoms with Crippen LogP contribution < -0.4 is 11.1 Å². The number of aromatic nitrogens is 2. The highest BCUT2D eigenvalue weighted by molar-refractivity contribution is 5.92. The van der Waals surface area contributed by atoms with E-state index in [0.717, 1.165) is 49.7 Å². The predicted molar refractivity (Wildman–Crippen MR) is 101 cm³/mol. The summed E-state index contributed by atoms with van der Waals surface area (Å²) in [6.45, 7) is 1.87. The van der Waals surface area contributed by atoms with Crippen LogP contribution in [0.3, 0.4) is 0 Å². The van der Waals surface area contributed by atoms with Gasteiger partial charge in [0.25, 0.3) is 0 Å². The highest BCUT2D eigenvalue weighted by Crippen LogP contribution is 2.31. The molecule has 6 nitrogen and oxygen atoms in total. The zero-order valence-corrected chi connectivity index (χ0v) is 15.1. The first-order chi connectivity index (χ1) is 12.2. The third-order valence-electron chi connectivity index (χ3n) is 5.03. The number of nitrogens with one attached hydrogen (secondary N) is 2. The van der Waals surface area contributed by atoms with Crippen LogP contribution in [0.2, 0.25) is 0 Å². The Morgan fingerprint density at radius 2 is 2.20 bits per heavy atom. The molecule has 1 fully saturated rings. The molecule has 6 heteroatoms. The second-order valence-electron chi connectivity index (χ2n) is 7.02. The zero-order valence-electron chi connectivity index (χ0n) is 15.1. The van der Waals surface area contributed by atoms with Crippen LogP contribution in [0.25, 0.3) is 10.9 Å². The van der Waals surface area contributed by atoms with Crippen LogP contribution in [-0.4, -0.2) is 40.9 Å². The van der Waals surface area contributed by atoms with E-state index < -0.39 is 0 Å². The minimum absolute atomic E-state index is 0.0295. The number of pyridine rings is 1. The molecular formula is C19H29N5O. The van der Waals surface area contributed by atoms with Gasteiger partial charge in [0.05, 0.1) is 5.52 Å². The third kappa shape index (κ3) is 4.58. The molecule has 3 heterocycles. The lowest BCUT2D eigenvalue weighted by Gasteiger charge is -2.17. The van der Waals surface area contributed by atoms with Gasteiger partial charge >= 0.3 is 0 Å². The maximum Gasteiger partial charge on any atom is 0.225 e. The number of fused-ring (bicyclic) bond motifs is 1. The van der Waals surface area contributed by atoms with Crippen molar-refractivity contribution in [3.05, 3.63) is 24.0 Å². The Kier molecular flexibility index (Phi) is 6.04. The van der Waals surface area contributed by atoms with Gasteiger partial charge in [0.15, 0.2) is 0 Å². The molecule has 4 N–H and O–H groups in total. The van der Waals surface area contributed by atoms with E-state index in [1.54, 1.807) is 0 Å². The number of anilines is 1. The Bertz CT molecular complexity index is 711. The molecule has 1 atom stereocenters. The highest BCUT2D eigenvalue weighted by atomic mass is 16.1. The minimum atomic E-state index is 0.0295. The molecule has 3 rings (SSSR count). The van der Waals surface area contributed by atoms with Crippen LogP contribution in [0, 0.1) is 0 Å². The lowest BCUT2D eigenvalue weighted by Crippen LogP contribution is -2.17. The van der Waals surface area contributed by atoms with Gasteiger partial charge in [-0.3, -0.25) is 9.69 Å². The normalized spacial score (nSPS) is 18.1. The van der Waals surface area contributed by atoms with Gasteiger partial charge < -0.3 is 16.0 Å². The fourth-order valence-electron chi connectivity index (χ4n) is 3.59. The first kappa shape index (κ1) is 17.9. The van der Waals surface area contributed by atoms with Crippen molar-refractivity contribution in [1.29, 1.82) is 0 Å². The van der Waals surface area contributed by atoms with Gasteiger partial charge in [0.2, 0.25) is 5.91 Å². The largest absolute Gasteiger partial charge is 0.357 e.